The summed E-state index contributed by atoms with van der Waals surface area (Å²) in [7, 11) is -1.51. The number of aromatic nitrogens is 1. The molecule has 0 N–H and O–H groups in total. The summed E-state index contributed by atoms with van der Waals surface area (Å²) in [6.45, 7) is 0. The third-order valence-corrected chi connectivity index (χ3v) is 6.66. The molecule has 5 rings (SSSR count). The van der Waals surface area contributed by atoms with Crippen LogP contribution in [0.5, 0.6) is 0 Å². The van der Waals surface area contributed by atoms with Gasteiger partial charge in [0.25, 0.3) is 0 Å². The highest BCUT2D eigenvalue weighted by Gasteiger charge is 2.35. The Morgan fingerprint density at radius 3 is 2.39 bits per heavy atom. The van der Waals surface area contributed by atoms with Crippen molar-refractivity contribution in [2.24, 2.45) is 7.05 Å². The number of hydrogen-bond donors (Lipinski definition) is 0. The van der Waals surface area contributed by atoms with Crippen LogP contribution in [0.25, 0.3) is 32.9 Å². The van der Waals surface area contributed by atoms with Crippen molar-refractivity contribution >= 4 is 31.6 Å². The van der Waals surface area contributed by atoms with Crippen LogP contribution in [-0.4, -0.2) is 13.0 Å². The van der Waals surface area contributed by atoms with E-state index in [1.54, 1.807) is 12.1 Å². The van der Waals surface area contributed by atoms with Crippen molar-refractivity contribution in [3.63, 3.8) is 0 Å². The zero-order chi connectivity index (χ0) is 15.8. The molecule has 23 heavy (non-hydrogen) atoms. The summed E-state index contributed by atoms with van der Waals surface area (Å²) in [5.74, 6) is 0. The highest BCUT2D eigenvalue weighted by atomic mass is 32.2. The van der Waals surface area contributed by atoms with Crippen LogP contribution in [-0.2, 0) is 16.9 Å². The van der Waals surface area contributed by atoms with Crippen molar-refractivity contribution in [3.05, 3.63) is 60.7 Å². The van der Waals surface area contributed by atoms with Crippen molar-refractivity contribution in [1.29, 1.82) is 0 Å². The zero-order valence-corrected chi connectivity index (χ0v) is 13.3. The van der Waals surface area contributed by atoms with Crippen molar-refractivity contribution in [2.75, 3.05) is 0 Å². The number of para-hydroxylation sites is 1. The number of hydrogen-bond acceptors (Lipinski definition) is 2. The van der Waals surface area contributed by atoms with Gasteiger partial charge in [0.05, 0.1) is 15.3 Å². The maximum atomic E-state index is 13.1. The Labute approximate surface area is 133 Å². The van der Waals surface area contributed by atoms with Crippen LogP contribution >= 0.6 is 0 Å². The van der Waals surface area contributed by atoms with E-state index in [2.05, 4.69) is 4.57 Å². The van der Waals surface area contributed by atoms with Gasteiger partial charge in [-0.1, -0.05) is 42.5 Å². The third-order valence-electron chi connectivity index (χ3n) is 4.77. The van der Waals surface area contributed by atoms with Gasteiger partial charge in [0, 0.05) is 34.5 Å². The molecule has 0 aliphatic carbocycles. The number of sulfone groups is 1. The second-order valence-electron chi connectivity index (χ2n) is 5.91. The SMILES string of the molecule is Cn1c2ccccc2c2c3c(ccc21)-c1ccccc1S3(=O)=O. The Balaban J connectivity index is 2.10. The molecule has 0 spiro atoms. The lowest BCUT2D eigenvalue weighted by molar-refractivity contribution is 0.599. The molecule has 1 aliphatic rings. The van der Waals surface area contributed by atoms with Gasteiger partial charge in [-0.3, -0.25) is 0 Å². The van der Waals surface area contributed by atoms with Gasteiger partial charge in [0.1, 0.15) is 0 Å². The smallest absolute Gasteiger partial charge is 0.208 e. The number of fused-ring (bicyclic) bond motifs is 7. The van der Waals surface area contributed by atoms with E-state index in [0.29, 0.717) is 9.79 Å². The Morgan fingerprint density at radius 2 is 1.52 bits per heavy atom. The normalized spacial score (nSPS) is 15.0. The van der Waals surface area contributed by atoms with Crippen LogP contribution in [0.3, 0.4) is 0 Å². The molecule has 0 unspecified atom stereocenters. The summed E-state index contributed by atoms with van der Waals surface area (Å²) in [5, 5.41) is 1.81. The predicted octanol–water partition coefficient (Wildman–Crippen LogP) is 4.14. The number of benzene rings is 3. The highest BCUT2D eigenvalue weighted by molar-refractivity contribution is 7.92. The first kappa shape index (κ1) is 12.9. The van der Waals surface area contributed by atoms with E-state index in [1.165, 1.54) is 0 Å². The maximum absolute atomic E-state index is 13.1. The van der Waals surface area contributed by atoms with Gasteiger partial charge in [-0.05, 0) is 18.2 Å². The van der Waals surface area contributed by atoms with Crippen molar-refractivity contribution in [3.8, 4) is 11.1 Å². The van der Waals surface area contributed by atoms with E-state index in [0.717, 1.165) is 32.9 Å². The molecule has 1 aromatic heterocycles. The molecular weight excluding hydrogens is 306 g/mol. The van der Waals surface area contributed by atoms with Crippen LogP contribution in [0.15, 0.2) is 70.5 Å². The summed E-state index contributed by atoms with van der Waals surface area (Å²) in [5.41, 5.74) is 3.60. The van der Waals surface area contributed by atoms with Crippen LogP contribution in [0.1, 0.15) is 0 Å². The Hall–Kier alpha value is -2.59. The first-order valence-electron chi connectivity index (χ1n) is 7.45. The lowest BCUT2D eigenvalue weighted by atomic mass is 10.0. The van der Waals surface area contributed by atoms with Gasteiger partial charge in [-0.2, -0.15) is 0 Å². The van der Waals surface area contributed by atoms with Crippen LogP contribution in [0.4, 0.5) is 0 Å². The minimum absolute atomic E-state index is 0.412. The Morgan fingerprint density at radius 1 is 0.783 bits per heavy atom. The van der Waals surface area contributed by atoms with E-state index in [9.17, 15) is 8.42 Å². The summed E-state index contributed by atoms with van der Waals surface area (Å²) < 4.78 is 28.3. The summed E-state index contributed by atoms with van der Waals surface area (Å²) in [6, 6.07) is 19.1. The third kappa shape index (κ3) is 1.42. The first-order chi connectivity index (χ1) is 11.1. The highest BCUT2D eigenvalue weighted by Crippen LogP contribution is 2.48. The van der Waals surface area contributed by atoms with Crippen LogP contribution in [0.2, 0.25) is 0 Å². The fourth-order valence-electron chi connectivity index (χ4n) is 3.74. The molecular formula is C19H13NO2S. The predicted molar refractivity (Wildman–Crippen MR) is 91.3 cm³/mol. The zero-order valence-electron chi connectivity index (χ0n) is 12.4. The van der Waals surface area contributed by atoms with Crippen molar-refractivity contribution in [2.45, 2.75) is 9.79 Å². The average molecular weight is 319 g/mol. The second kappa shape index (κ2) is 4.03. The molecule has 0 radical (unpaired) electrons. The molecule has 3 nitrogen and oxygen atoms in total. The van der Waals surface area contributed by atoms with E-state index < -0.39 is 9.84 Å². The Bertz CT molecular complexity index is 1230. The molecule has 0 saturated carbocycles. The van der Waals surface area contributed by atoms with Gasteiger partial charge in [0.15, 0.2) is 0 Å². The molecule has 0 saturated heterocycles. The summed E-state index contributed by atoms with van der Waals surface area (Å²) in [6.07, 6.45) is 0. The summed E-state index contributed by atoms with van der Waals surface area (Å²) >= 11 is 0. The molecule has 4 heteroatoms. The fourth-order valence-corrected chi connectivity index (χ4v) is 5.64. The van der Waals surface area contributed by atoms with E-state index in [4.69, 9.17) is 0 Å². The van der Waals surface area contributed by atoms with Gasteiger partial charge >= 0.3 is 0 Å². The monoisotopic (exact) mass is 319 g/mol. The molecule has 0 atom stereocenters. The number of aryl methyl sites for hydroxylation is 1. The van der Waals surface area contributed by atoms with Gasteiger partial charge in [-0.25, -0.2) is 8.42 Å². The first-order valence-corrected chi connectivity index (χ1v) is 8.93. The van der Waals surface area contributed by atoms with Gasteiger partial charge in [0.2, 0.25) is 9.84 Å². The maximum Gasteiger partial charge on any atom is 0.208 e. The van der Waals surface area contributed by atoms with Gasteiger partial charge < -0.3 is 4.57 Å². The van der Waals surface area contributed by atoms with Gasteiger partial charge in [-0.15, -0.1) is 0 Å². The minimum atomic E-state index is -3.48. The molecule has 0 fully saturated rings. The van der Waals surface area contributed by atoms with Crippen molar-refractivity contribution < 1.29 is 8.42 Å². The molecule has 0 bridgehead atoms. The molecule has 112 valence electrons. The second-order valence-corrected chi connectivity index (χ2v) is 7.77. The average Bonchev–Trinajstić information content (AvgIpc) is 2.99. The molecule has 0 amide bonds. The standard InChI is InChI=1S/C19H13NO2S/c1-20-15-8-4-2-7-14(15)18-16(20)11-10-13-12-6-3-5-9-17(12)23(21,22)19(13)18/h2-11H,1H3. The fraction of sp³-hybridized carbons (Fsp3) is 0.0526. The molecule has 2 heterocycles. The Kier molecular flexibility index (Phi) is 2.26. The quantitative estimate of drug-likeness (QED) is 0.430. The minimum Gasteiger partial charge on any atom is -0.344 e. The molecule has 4 aromatic rings. The largest absolute Gasteiger partial charge is 0.344 e. The van der Waals surface area contributed by atoms with Crippen molar-refractivity contribution in [1.82, 2.24) is 4.57 Å². The lowest BCUT2D eigenvalue weighted by Crippen LogP contribution is -1.97. The van der Waals surface area contributed by atoms with E-state index in [1.807, 2.05) is 55.6 Å². The van der Waals surface area contributed by atoms with E-state index >= 15 is 0 Å². The topological polar surface area (TPSA) is 39.1 Å². The summed E-state index contributed by atoms with van der Waals surface area (Å²) in [4.78, 5) is 0.864. The number of nitrogens with zero attached hydrogens (tertiary/aromatic N) is 1. The number of rotatable bonds is 0. The molecule has 3 aromatic carbocycles. The van der Waals surface area contributed by atoms with Crippen LogP contribution < -0.4 is 0 Å². The van der Waals surface area contributed by atoms with Crippen LogP contribution in [0, 0.1) is 0 Å². The molecule has 1 aliphatic heterocycles. The lowest BCUT2D eigenvalue weighted by Gasteiger charge is -2.03. The van der Waals surface area contributed by atoms with E-state index in [-0.39, 0.29) is 0 Å².